The fourth-order valence-corrected chi connectivity index (χ4v) is 1.71. The van der Waals surface area contributed by atoms with Crippen LogP contribution in [0.15, 0.2) is 30.5 Å². The summed E-state index contributed by atoms with van der Waals surface area (Å²) >= 11 is 0. The minimum atomic E-state index is -1.39. The number of carbonyl (C=O) groups excluding carboxylic acids is 1. The van der Waals surface area contributed by atoms with Gasteiger partial charge in [-0.2, -0.15) is 5.26 Å². The average molecular weight is 291 g/mol. The van der Waals surface area contributed by atoms with Gasteiger partial charge in [-0.15, -0.1) is 0 Å². The van der Waals surface area contributed by atoms with Gasteiger partial charge in [0.25, 0.3) is 5.91 Å². The lowest BCUT2D eigenvalue weighted by molar-refractivity contribution is 0.0987. The molecule has 2 aromatic rings. The third-order valence-electron chi connectivity index (χ3n) is 2.77. The van der Waals surface area contributed by atoms with Gasteiger partial charge in [0.15, 0.2) is 17.5 Å². The predicted molar refractivity (Wildman–Crippen MR) is 68.0 cm³/mol. The second-order valence-corrected chi connectivity index (χ2v) is 4.10. The van der Waals surface area contributed by atoms with E-state index >= 15 is 0 Å². The second-order valence-electron chi connectivity index (χ2n) is 4.10. The van der Waals surface area contributed by atoms with E-state index in [1.807, 2.05) is 6.07 Å². The molecule has 7 heteroatoms. The Kier molecular flexibility index (Phi) is 3.89. The Balaban J connectivity index is 2.45. The molecule has 0 aliphatic rings. The van der Waals surface area contributed by atoms with Crippen molar-refractivity contribution in [1.29, 1.82) is 5.26 Å². The van der Waals surface area contributed by atoms with Crippen LogP contribution in [0.1, 0.15) is 15.9 Å². The van der Waals surface area contributed by atoms with E-state index < -0.39 is 28.9 Å². The van der Waals surface area contributed by atoms with Crippen LogP contribution < -0.4 is 4.90 Å². The van der Waals surface area contributed by atoms with Crippen molar-refractivity contribution in [3.63, 3.8) is 0 Å². The molecule has 1 aromatic heterocycles. The van der Waals surface area contributed by atoms with Gasteiger partial charge in [-0.05, 0) is 18.2 Å². The highest BCUT2D eigenvalue weighted by atomic mass is 19.2. The zero-order valence-corrected chi connectivity index (χ0v) is 10.8. The Morgan fingerprint density at radius 3 is 2.57 bits per heavy atom. The van der Waals surface area contributed by atoms with Crippen LogP contribution in [0, 0.1) is 28.8 Å². The third kappa shape index (κ3) is 2.69. The summed E-state index contributed by atoms with van der Waals surface area (Å²) in [6.45, 7) is 0. The van der Waals surface area contributed by atoms with Crippen molar-refractivity contribution >= 4 is 11.7 Å². The average Bonchev–Trinajstić information content (AvgIpc) is 2.49. The molecular weight excluding hydrogens is 283 g/mol. The van der Waals surface area contributed by atoms with Crippen LogP contribution in [0.2, 0.25) is 0 Å². The fraction of sp³-hybridized carbons (Fsp3) is 0.0714. The van der Waals surface area contributed by atoms with E-state index in [0.29, 0.717) is 12.1 Å². The number of rotatable bonds is 2. The fourth-order valence-electron chi connectivity index (χ4n) is 1.71. The first-order chi connectivity index (χ1) is 9.95. The summed E-state index contributed by atoms with van der Waals surface area (Å²) in [4.78, 5) is 16.9. The molecule has 0 radical (unpaired) electrons. The van der Waals surface area contributed by atoms with E-state index in [2.05, 4.69) is 4.98 Å². The summed E-state index contributed by atoms with van der Waals surface area (Å²) in [5.41, 5.74) is -0.553. The van der Waals surface area contributed by atoms with Crippen molar-refractivity contribution in [2.75, 3.05) is 11.9 Å². The maximum Gasteiger partial charge on any atom is 0.262 e. The number of nitriles is 1. The standard InChI is InChI=1S/C14H8F3N3O/c1-20(13-8(7-18)3-2-4-19-13)14(21)9-5-11(16)12(17)6-10(9)15/h2-6H,1H3. The van der Waals surface area contributed by atoms with Gasteiger partial charge in [0.1, 0.15) is 11.9 Å². The maximum absolute atomic E-state index is 13.6. The monoisotopic (exact) mass is 291 g/mol. The molecule has 0 saturated carbocycles. The number of pyridine rings is 1. The molecule has 21 heavy (non-hydrogen) atoms. The van der Waals surface area contributed by atoms with Crippen molar-refractivity contribution < 1.29 is 18.0 Å². The maximum atomic E-state index is 13.6. The molecule has 1 aromatic carbocycles. The Morgan fingerprint density at radius 2 is 1.90 bits per heavy atom. The van der Waals surface area contributed by atoms with Gasteiger partial charge in [-0.3, -0.25) is 9.69 Å². The first-order valence-corrected chi connectivity index (χ1v) is 5.73. The van der Waals surface area contributed by atoms with E-state index in [-0.39, 0.29) is 11.4 Å². The predicted octanol–water partition coefficient (Wildman–Crippen LogP) is 2.65. The van der Waals surface area contributed by atoms with Crippen molar-refractivity contribution in [2.45, 2.75) is 0 Å². The number of halogens is 3. The summed E-state index contributed by atoms with van der Waals surface area (Å²) in [7, 11) is 1.26. The molecule has 0 fully saturated rings. The lowest BCUT2D eigenvalue weighted by atomic mass is 10.1. The molecule has 1 amide bonds. The molecule has 106 valence electrons. The smallest absolute Gasteiger partial charge is 0.262 e. The van der Waals surface area contributed by atoms with Crippen LogP contribution in [-0.2, 0) is 0 Å². The van der Waals surface area contributed by atoms with Crippen LogP contribution in [0.5, 0.6) is 0 Å². The number of hydrogen-bond donors (Lipinski definition) is 0. The highest BCUT2D eigenvalue weighted by Crippen LogP contribution is 2.20. The normalized spacial score (nSPS) is 10.0. The minimum Gasteiger partial charge on any atom is -0.295 e. The van der Waals surface area contributed by atoms with Crippen molar-refractivity contribution in [1.82, 2.24) is 4.98 Å². The van der Waals surface area contributed by atoms with Gasteiger partial charge in [0, 0.05) is 19.3 Å². The summed E-state index contributed by atoms with van der Waals surface area (Å²) in [6, 6.07) is 5.52. The molecule has 0 unspecified atom stereocenters. The van der Waals surface area contributed by atoms with E-state index in [0.717, 1.165) is 4.90 Å². The molecule has 0 atom stereocenters. The van der Waals surface area contributed by atoms with Crippen LogP contribution >= 0.6 is 0 Å². The molecule has 0 aliphatic heterocycles. The Labute approximate surface area is 118 Å². The summed E-state index contributed by atoms with van der Waals surface area (Å²) < 4.78 is 39.6. The molecule has 0 bridgehead atoms. The van der Waals surface area contributed by atoms with E-state index in [4.69, 9.17) is 5.26 Å². The van der Waals surface area contributed by atoms with Crippen molar-refractivity contribution in [3.8, 4) is 6.07 Å². The quantitative estimate of drug-likeness (QED) is 0.799. The zero-order valence-electron chi connectivity index (χ0n) is 10.8. The van der Waals surface area contributed by atoms with Crippen molar-refractivity contribution in [3.05, 3.63) is 59.0 Å². The van der Waals surface area contributed by atoms with Gasteiger partial charge >= 0.3 is 0 Å². The van der Waals surface area contributed by atoms with Crippen LogP contribution in [0.25, 0.3) is 0 Å². The lowest BCUT2D eigenvalue weighted by Gasteiger charge is -2.17. The van der Waals surface area contributed by atoms with Gasteiger partial charge in [0.2, 0.25) is 0 Å². The minimum absolute atomic E-state index is 0.00543. The Hall–Kier alpha value is -2.88. The number of benzene rings is 1. The zero-order chi connectivity index (χ0) is 15.6. The van der Waals surface area contributed by atoms with Gasteiger partial charge in [-0.25, -0.2) is 18.2 Å². The van der Waals surface area contributed by atoms with E-state index in [1.165, 1.54) is 25.4 Å². The largest absolute Gasteiger partial charge is 0.295 e. The lowest BCUT2D eigenvalue weighted by Crippen LogP contribution is -2.29. The molecule has 0 spiro atoms. The number of nitrogens with zero attached hydrogens (tertiary/aromatic N) is 3. The molecule has 2 rings (SSSR count). The topological polar surface area (TPSA) is 57.0 Å². The number of carbonyl (C=O) groups is 1. The molecule has 4 nitrogen and oxygen atoms in total. The molecule has 1 heterocycles. The molecular formula is C14H8F3N3O. The number of amides is 1. The molecule has 0 aliphatic carbocycles. The van der Waals surface area contributed by atoms with Crippen LogP contribution in [-0.4, -0.2) is 17.9 Å². The van der Waals surface area contributed by atoms with Gasteiger partial charge in [0.05, 0.1) is 11.1 Å². The Morgan fingerprint density at radius 1 is 1.24 bits per heavy atom. The highest BCUT2D eigenvalue weighted by Gasteiger charge is 2.22. The summed E-state index contributed by atoms with van der Waals surface area (Å²) in [5.74, 6) is -4.87. The van der Waals surface area contributed by atoms with Crippen LogP contribution in [0.3, 0.4) is 0 Å². The highest BCUT2D eigenvalue weighted by molar-refractivity contribution is 6.05. The summed E-state index contributed by atoms with van der Waals surface area (Å²) in [6.07, 6.45) is 1.35. The van der Waals surface area contributed by atoms with Gasteiger partial charge in [-0.1, -0.05) is 0 Å². The van der Waals surface area contributed by atoms with Crippen molar-refractivity contribution in [2.24, 2.45) is 0 Å². The van der Waals surface area contributed by atoms with Gasteiger partial charge < -0.3 is 0 Å². The van der Waals surface area contributed by atoms with Crippen LogP contribution in [0.4, 0.5) is 19.0 Å². The first kappa shape index (κ1) is 14.5. The Bertz CT molecular complexity index is 756. The third-order valence-corrected chi connectivity index (χ3v) is 2.77. The van der Waals surface area contributed by atoms with E-state index in [9.17, 15) is 18.0 Å². The van der Waals surface area contributed by atoms with E-state index in [1.54, 1.807) is 0 Å². The SMILES string of the molecule is CN(C(=O)c1cc(F)c(F)cc1F)c1ncccc1C#N. The molecule has 0 saturated heterocycles. The second kappa shape index (κ2) is 5.63. The number of hydrogen-bond acceptors (Lipinski definition) is 3. The summed E-state index contributed by atoms with van der Waals surface area (Å²) in [5, 5.41) is 8.94. The first-order valence-electron chi connectivity index (χ1n) is 5.73. The molecule has 0 N–H and O–H groups in total. The number of aromatic nitrogens is 1. The number of anilines is 1.